The van der Waals surface area contributed by atoms with Gasteiger partial charge in [0.1, 0.15) is 0 Å². The third kappa shape index (κ3) is 2.86. The van der Waals surface area contributed by atoms with Crippen LogP contribution in [0.5, 0.6) is 0 Å². The first-order chi connectivity index (χ1) is 5.76. The molecule has 0 aliphatic heterocycles. The number of aryl methyl sites for hydroxylation is 1. The van der Waals surface area contributed by atoms with Crippen molar-refractivity contribution < 1.29 is 0 Å². The molecule has 1 aromatic heterocycles. The fourth-order valence-corrected chi connectivity index (χ4v) is 2.46. The van der Waals surface area contributed by atoms with Crippen LogP contribution >= 0.6 is 31.9 Å². The van der Waals surface area contributed by atoms with E-state index in [9.17, 15) is 0 Å². The number of hydrogen-bond acceptors (Lipinski definition) is 2. The lowest BCUT2D eigenvalue weighted by Gasteiger charge is -2.06. The fourth-order valence-electron chi connectivity index (χ4n) is 0.935. The molecule has 12 heavy (non-hydrogen) atoms. The van der Waals surface area contributed by atoms with E-state index in [1.807, 2.05) is 13.2 Å². The minimum Gasteiger partial charge on any atom is -0.255 e. The number of halogens is 2. The smallest absolute Gasteiger partial charge is 0.0830 e. The Labute approximate surface area is 88.8 Å². The van der Waals surface area contributed by atoms with Crippen molar-refractivity contribution in [2.45, 2.75) is 6.42 Å². The van der Waals surface area contributed by atoms with Gasteiger partial charge in [-0.05, 0) is 12.3 Å². The van der Waals surface area contributed by atoms with Crippen LogP contribution in [0, 0.1) is 5.92 Å². The van der Waals surface area contributed by atoms with Crippen LogP contribution in [0.15, 0.2) is 6.20 Å². The molecule has 1 aromatic rings. The van der Waals surface area contributed by atoms with Crippen molar-refractivity contribution >= 4 is 31.9 Å². The van der Waals surface area contributed by atoms with E-state index >= 15 is 0 Å². The van der Waals surface area contributed by atoms with E-state index < -0.39 is 0 Å². The Morgan fingerprint density at radius 3 is 2.58 bits per heavy atom. The number of aromatic nitrogens is 3. The maximum Gasteiger partial charge on any atom is 0.0830 e. The molecule has 0 fully saturated rings. The van der Waals surface area contributed by atoms with Crippen LogP contribution in [0.25, 0.3) is 0 Å². The monoisotopic (exact) mass is 295 g/mol. The molecule has 1 heterocycles. The van der Waals surface area contributed by atoms with Gasteiger partial charge >= 0.3 is 0 Å². The molecule has 0 aliphatic rings. The predicted octanol–water partition coefficient (Wildman–Crippen LogP) is 1.76. The first-order valence-electron chi connectivity index (χ1n) is 3.73. The van der Waals surface area contributed by atoms with Gasteiger partial charge in [0.05, 0.1) is 5.69 Å². The molecular formula is C7H11Br2N3. The molecule has 0 aliphatic carbocycles. The van der Waals surface area contributed by atoms with Crippen LogP contribution in [0.2, 0.25) is 0 Å². The first kappa shape index (κ1) is 10.2. The lowest BCUT2D eigenvalue weighted by Crippen LogP contribution is -2.07. The third-order valence-electron chi connectivity index (χ3n) is 1.58. The molecule has 0 bridgehead atoms. The molecule has 0 aromatic carbocycles. The number of rotatable bonds is 4. The number of hydrogen-bond donors (Lipinski definition) is 0. The summed E-state index contributed by atoms with van der Waals surface area (Å²) in [4.78, 5) is 0. The maximum atomic E-state index is 4.02. The summed E-state index contributed by atoms with van der Waals surface area (Å²) in [6.07, 6.45) is 2.93. The minimum absolute atomic E-state index is 0.599. The maximum absolute atomic E-state index is 4.02. The highest BCUT2D eigenvalue weighted by Gasteiger charge is 2.08. The van der Waals surface area contributed by atoms with Gasteiger partial charge in [-0.25, -0.2) is 0 Å². The van der Waals surface area contributed by atoms with Gasteiger partial charge in [0.2, 0.25) is 0 Å². The van der Waals surface area contributed by atoms with Crippen molar-refractivity contribution in [2.24, 2.45) is 13.0 Å². The van der Waals surface area contributed by atoms with Gasteiger partial charge in [0.15, 0.2) is 0 Å². The van der Waals surface area contributed by atoms with E-state index in [2.05, 4.69) is 42.2 Å². The molecule has 0 radical (unpaired) electrons. The molecule has 68 valence electrons. The molecule has 0 atom stereocenters. The largest absolute Gasteiger partial charge is 0.255 e. The van der Waals surface area contributed by atoms with Gasteiger partial charge in [-0.3, -0.25) is 4.68 Å². The normalized spacial score (nSPS) is 11.0. The van der Waals surface area contributed by atoms with Gasteiger partial charge in [0.25, 0.3) is 0 Å². The lowest BCUT2D eigenvalue weighted by atomic mass is 10.1. The van der Waals surface area contributed by atoms with Gasteiger partial charge in [-0.1, -0.05) is 37.1 Å². The average molecular weight is 297 g/mol. The molecule has 1 rings (SSSR count). The van der Waals surface area contributed by atoms with E-state index in [-0.39, 0.29) is 0 Å². The molecule has 0 amide bonds. The molecule has 0 unspecified atom stereocenters. The highest BCUT2D eigenvalue weighted by atomic mass is 79.9. The van der Waals surface area contributed by atoms with Crippen LogP contribution in [0.1, 0.15) is 5.69 Å². The van der Waals surface area contributed by atoms with Crippen LogP contribution in [0.3, 0.4) is 0 Å². The SMILES string of the molecule is Cn1cc(CC(CBr)CBr)nn1. The Bertz CT molecular complexity index is 232. The van der Waals surface area contributed by atoms with Gasteiger partial charge < -0.3 is 0 Å². The second-order valence-corrected chi connectivity index (χ2v) is 4.06. The quantitative estimate of drug-likeness (QED) is 0.793. The van der Waals surface area contributed by atoms with Crippen molar-refractivity contribution in [2.75, 3.05) is 10.7 Å². The Morgan fingerprint density at radius 2 is 2.17 bits per heavy atom. The van der Waals surface area contributed by atoms with Crippen molar-refractivity contribution in [3.05, 3.63) is 11.9 Å². The van der Waals surface area contributed by atoms with Crippen molar-refractivity contribution in [1.82, 2.24) is 15.0 Å². The van der Waals surface area contributed by atoms with Crippen LogP contribution in [0.4, 0.5) is 0 Å². The Kier molecular flexibility index (Phi) is 4.21. The summed E-state index contributed by atoms with van der Waals surface area (Å²) in [5.74, 6) is 0.599. The lowest BCUT2D eigenvalue weighted by molar-refractivity contribution is 0.661. The van der Waals surface area contributed by atoms with Gasteiger partial charge in [-0.2, -0.15) is 0 Å². The third-order valence-corrected chi connectivity index (χ3v) is 3.42. The predicted molar refractivity (Wildman–Crippen MR) is 55.8 cm³/mol. The molecule has 5 heteroatoms. The first-order valence-corrected chi connectivity index (χ1v) is 5.97. The zero-order valence-electron chi connectivity index (χ0n) is 6.87. The van der Waals surface area contributed by atoms with Crippen molar-refractivity contribution in [3.63, 3.8) is 0 Å². The second kappa shape index (κ2) is 4.97. The minimum atomic E-state index is 0.599. The molecule has 0 spiro atoms. The van der Waals surface area contributed by atoms with E-state index in [1.165, 1.54) is 0 Å². The highest BCUT2D eigenvalue weighted by molar-refractivity contribution is 9.09. The van der Waals surface area contributed by atoms with Crippen LogP contribution < -0.4 is 0 Å². The Morgan fingerprint density at radius 1 is 1.50 bits per heavy atom. The highest BCUT2D eigenvalue weighted by Crippen LogP contribution is 2.11. The number of alkyl halides is 2. The molecule has 0 N–H and O–H groups in total. The van der Waals surface area contributed by atoms with Crippen LogP contribution in [-0.4, -0.2) is 25.7 Å². The van der Waals surface area contributed by atoms with E-state index in [0.29, 0.717) is 5.92 Å². The van der Waals surface area contributed by atoms with Crippen molar-refractivity contribution in [3.8, 4) is 0 Å². The van der Waals surface area contributed by atoms with E-state index in [1.54, 1.807) is 4.68 Å². The summed E-state index contributed by atoms with van der Waals surface area (Å²) in [5.41, 5.74) is 1.06. The Balaban J connectivity index is 2.50. The zero-order chi connectivity index (χ0) is 8.97. The molecule has 3 nitrogen and oxygen atoms in total. The van der Waals surface area contributed by atoms with Crippen LogP contribution in [-0.2, 0) is 13.5 Å². The summed E-state index contributed by atoms with van der Waals surface area (Å²) in [6.45, 7) is 0. The second-order valence-electron chi connectivity index (χ2n) is 2.76. The van der Waals surface area contributed by atoms with Crippen molar-refractivity contribution in [1.29, 1.82) is 0 Å². The van der Waals surface area contributed by atoms with E-state index in [4.69, 9.17) is 0 Å². The average Bonchev–Trinajstić information content (AvgIpc) is 2.47. The molecule has 0 saturated carbocycles. The molecular weight excluding hydrogens is 286 g/mol. The summed E-state index contributed by atoms with van der Waals surface area (Å²) < 4.78 is 1.73. The summed E-state index contributed by atoms with van der Waals surface area (Å²) >= 11 is 6.91. The van der Waals surface area contributed by atoms with E-state index in [0.717, 1.165) is 22.8 Å². The number of nitrogens with zero attached hydrogens (tertiary/aromatic N) is 3. The Hall–Kier alpha value is 0.1000. The zero-order valence-corrected chi connectivity index (χ0v) is 10.0. The fraction of sp³-hybridized carbons (Fsp3) is 0.714. The standard InChI is InChI=1S/C7H11Br2N3/c1-12-5-7(10-11-12)2-6(3-8)4-9/h5-6H,2-4H2,1H3. The van der Waals surface area contributed by atoms with Gasteiger partial charge in [-0.15, -0.1) is 5.10 Å². The topological polar surface area (TPSA) is 30.7 Å². The summed E-state index contributed by atoms with van der Waals surface area (Å²) in [5, 5.41) is 9.89. The summed E-state index contributed by atoms with van der Waals surface area (Å²) in [7, 11) is 1.88. The summed E-state index contributed by atoms with van der Waals surface area (Å²) in [6, 6.07) is 0. The molecule has 0 saturated heterocycles. The van der Waals surface area contributed by atoms with Gasteiger partial charge in [0, 0.05) is 23.9 Å².